The zero-order valence-corrected chi connectivity index (χ0v) is 28.0. The van der Waals surface area contributed by atoms with E-state index in [1.165, 1.54) is 22.3 Å². The molecule has 0 aromatic heterocycles. The summed E-state index contributed by atoms with van der Waals surface area (Å²) in [6.45, 7) is 9.03. The largest absolute Gasteiger partial charge is 0.449 e. The Hall–Kier alpha value is -2.69. The van der Waals surface area contributed by atoms with Gasteiger partial charge in [-0.2, -0.15) is 0 Å². The zero-order chi connectivity index (χ0) is 33.7. The van der Waals surface area contributed by atoms with E-state index in [4.69, 9.17) is 52.5 Å². The standard InChI is InChI=1S/C35H53NO12/c37-10-12-40-14-16-42-18-20-44-22-24-46-26-28-47-27-25-45-23-21-43-19-17-41-15-13-39-11-9-36-35(38)48-29-34-32-7-3-1-5-30(32)31-6-2-4-8-33(31)34/h1-8,34,37H,9-29H2,(H,36,38). The Morgan fingerprint density at radius 3 is 1.21 bits per heavy atom. The van der Waals surface area contributed by atoms with E-state index in [9.17, 15) is 4.79 Å². The van der Waals surface area contributed by atoms with Crippen LogP contribution >= 0.6 is 0 Å². The first-order chi connectivity index (χ1) is 23.8. The number of aliphatic hydroxyl groups is 1. The number of aliphatic hydroxyl groups excluding tert-OH is 1. The van der Waals surface area contributed by atoms with Gasteiger partial charge in [0.2, 0.25) is 0 Å². The maximum absolute atomic E-state index is 12.2. The third kappa shape index (κ3) is 17.1. The smallest absolute Gasteiger partial charge is 0.407 e. The van der Waals surface area contributed by atoms with Crippen LogP contribution in [0.5, 0.6) is 0 Å². The molecule has 13 heteroatoms. The summed E-state index contributed by atoms with van der Waals surface area (Å²) in [5.74, 6) is 0.0377. The summed E-state index contributed by atoms with van der Waals surface area (Å²) in [7, 11) is 0. The van der Waals surface area contributed by atoms with Crippen LogP contribution in [0.15, 0.2) is 48.5 Å². The summed E-state index contributed by atoms with van der Waals surface area (Å²) in [6.07, 6.45) is -0.453. The molecule has 1 amide bonds. The molecule has 2 N–H and O–H groups in total. The number of carbonyl (C=O) groups excluding carboxylic acids is 1. The molecule has 48 heavy (non-hydrogen) atoms. The van der Waals surface area contributed by atoms with Gasteiger partial charge in [-0.1, -0.05) is 48.5 Å². The highest BCUT2D eigenvalue weighted by Crippen LogP contribution is 2.44. The van der Waals surface area contributed by atoms with Gasteiger partial charge in [0.15, 0.2) is 0 Å². The molecule has 0 aliphatic heterocycles. The Morgan fingerprint density at radius 1 is 0.500 bits per heavy atom. The summed E-state index contributed by atoms with van der Waals surface area (Å²) in [4.78, 5) is 12.2. The lowest BCUT2D eigenvalue weighted by Crippen LogP contribution is -2.29. The molecule has 2 aromatic rings. The van der Waals surface area contributed by atoms with Crippen molar-refractivity contribution < 1.29 is 57.3 Å². The molecular weight excluding hydrogens is 626 g/mol. The van der Waals surface area contributed by atoms with E-state index >= 15 is 0 Å². The van der Waals surface area contributed by atoms with Crippen molar-refractivity contribution in [1.29, 1.82) is 0 Å². The molecule has 0 heterocycles. The number of benzene rings is 2. The first kappa shape index (κ1) is 39.7. The summed E-state index contributed by atoms with van der Waals surface area (Å²) in [5, 5.41) is 11.3. The Balaban J connectivity index is 0.986. The highest BCUT2D eigenvalue weighted by Gasteiger charge is 2.28. The SMILES string of the molecule is O=C(NCCOCCOCCOCCOCCOCCOCCOCCOCCOCCO)OCC1c2ccccc2-c2ccccc21. The van der Waals surface area contributed by atoms with Gasteiger partial charge in [-0.15, -0.1) is 0 Å². The zero-order valence-electron chi connectivity index (χ0n) is 28.0. The topological polar surface area (TPSA) is 142 Å². The van der Waals surface area contributed by atoms with Crippen LogP contribution in [0.3, 0.4) is 0 Å². The monoisotopic (exact) mass is 679 g/mol. The number of alkyl carbamates (subject to hydrolysis) is 1. The lowest BCUT2D eigenvalue weighted by Gasteiger charge is -2.14. The average Bonchev–Trinajstić information content (AvgIpc) is 3.43. The first-order valence-corrected chi connectivity index (χ1v) is 16.7. The molecule has 0 saturated carbocycles. The number of hydrogen-bond acceptors (Lipinski definition) is 12. The van der Waals surface area contributed by atoms with E-state index in [0.29, 0.717) is 125 Å². The van der Waals surface area contributed by atoms with Crippen molar-refractivity contribution in [2.45, 2.75) is 5.92 Å². The number of fused-ring (bicyclic) bond motifs is 3. The van der Waals surface area contributed by atoms with Gasteiger partial charge in [0.25, 0.3) is 0 Å². The summed E-state index contributed by atoms with van der Waals surface area (Å²) in [6, 6.07) is 16.5. The highest BCUT2D eigenvalue weighted by atomic mass is 16.6. The number of rotatable bonds is 31. The first-order valence-electron chi connectivity index (χ1n) is 16.7. The second-order valence-corrected chi connectivity index (χ2v) is 10.5. The molecule has 0 bridgehead atoms. The van der Waals surface area contributed by atoms with Crippen molar-refractivity contribution in [3.8, 4) is 11.1 Å². The molecule has 0 spiro atoms. The Labute approximate surface area is 284 Å². The van der Waals surface area contributed by atoms with E-state index in [0.717, 1.165) is 0 Å². The van der Waals surface area contributed by atoms with Gasteiger partial charge in [-0.3, -0.25) is 0 Å². The van der Waals surface area contributed by atoms with Gasteiger partial charge in [0.05, 0.1) is 126 Å². The molecule has 13 nitrogen and oxygen atoms in total. The molecule has 0 saturated heterocycles. The van der Waals surface area contributed by atoms with Crippen LogP contribution in [0, 0.1) is 0 Å². The van der Waals surface area contributed by atoms with E-state index in [-0.39, 0.29) is 19.1 Å². The fourth-order valence-electron chi connectivity index (χ4n) is 4.80. The molecular formula is C35H53NO12. The van der Waals surface area contributed by atoms with Crippen molar-refractivity contribution >= 4 is 6.09 Å². The number of ether oxygens (including phenoxy) is 10. The second kappa shape index (κ2) is 27.2. The lowest BCUT2D eigenvalue weighted by molar-refractivity contribution is -0.0254. The molecule has 1 aliphatic rings. The summed E-state index contributed by atoms with van der Waals surface area (Å²) >= 11 is 0. The van der Waals surface area contributed by atoms with E-state index < -0.39 is 6.09 Å². The molecule has 0 atom stereocenters. The van der Waals surface area contributed by atoms with Gasteiger partial charge in [0.1, 0.15) is 6.61 Å². The average molecular weight is 680 g/mol. The van der Waals surface area contributed by atoms with Crippen molar-refractivity contribution in [2.75, 3.05) is 139 Å². The fourth-order valence-corrected chi connectivity index (χ4v) is 4.80. The third-order valence-corrected chi connectivity index (χ3v) is 7.07. The van der Waals surface area contributed by atoms with Gasteiger partial charge >= 0.3 is 6.09 Å². The van der Waals surface area contributed by atoms with Crippen molar-refractivity contribution in [3.63, 3.8) is 0 Å². The summed E-state index contributed by atoms with van der Waals surface area (Å²) < 4.78 is 54.2. The van der Waals surface area contributed by atoms with Crippen molar-refractivity contribution in [1.82, 2.24) is 5.32 Å². The lowest BCUT2D eigenvalue weighted by atomic mass is 9.98. The van der Waals surface area contributed by atoms with Crippen LogP contribution in [0.25, 0.3) is 11.1 Å². The maximum atomic E-state index is 12.2. The molecule has 1 aliphatic carbocycles. The van der Waals surface area contributed by atoms with Crippen LogP contribution < -0.4 is 5.32 Å². The van der Waals surface area contributed by atoms with Gasteiger partial charge < -0.3 is 57.8 Å². The Morgan fingerprint density at radius 2 is 0.833 bits per heavy atom. The minimum absolute atomic E-state index is 0.0209. The molecule has 270 valence electrons. The summed E-state index contributed by atoms with van der Waals surface area (Å²) in [5.41, 5.74) is 4.77. The number of nitrogens with one attached hydrogen (secondary N) is 1. The Bertz CT molecular complexity index is 1050. The minimum Gasteiger partial charge on any atom is -0.449 e. The number of hydrogen-bond donors (Lipinski definition) is 2. The minimum atomic E-state index is -0.453. The van der Waals surface area contributed by atoms with Crippen LogP contribution in [-0.4, -0.2) is 150 Å². The van der Waals surface area contributed by atoms with Crippen molar-refractivity contribution in [2.24, 2.45) is 0 Å². The van der Waals surface area contributed by atoms with Crippen LogP contribution in [-0.2, 0) is 47.4 Å². The highest BCUT2D eigenvalue weighted by molar-refractivity contribution is 5.79. The van der Waals surface area contributed by atoms with Gasteiger partial charge in [-0.05, 0) is 22.3 Å². The molecule has 2 aromatic carbocycles. The normalized spacial score (nSPS) is 12.3. The second-order valence-electron chi connectivity index (χ2n) is 10.5. The van der Waals surface area contributed by atoms with Crippen LogP contribution in [0.1, 0.15) is 17.0 Å². The van der Waals surface area contributed by atoms with Gasteiger partial charge in [-0.25, -0.2) is 4.79 Å². The number of amides is 1. The van der Waals surface area contributed by atoms with Crippen LogP contribution in [0.2, 0.25) is 0 Å². The van der Waals surface area contributed by atoms with Crippen LogP contribution in [0.4, 0.5) is 4.79 Å². The predicted molar refractivity (Wildman–Crippen MR) is 178 cm³/mol. The maximum Gasteiger partial charge on any atom is 0.407 e. The van der Waals surface area contributed by atoms with E-state index in [2.05, 4.69) is 29.6 Å². The van der Waals surface area contributed by atoms with Gasteiger partial charge in [0, 0.05) is 12.5 Å². The molecule has 0 radical (unpaired) electrons. The molecule has 0 unspecified atom stereocenters. The molecule has 3 rings (SSSR count). The molecule has 0 fully saturated rings. The Kier molecular flexibility index (Phi) is 22.5. The van der Waals surface area contributed by atoms with E-state index in [1.807, 2.05) is 24.3 Å². The van der Waals surface area contributed by atoms with E-state index in [1.54, 1.807) is 0 Å². The fraction of sp³-hybridized carbons (Fsp3) is 0.629. The third-order valence-electron chi connectivity index (χ3n) is 7.07. The predicted octanol–water partition coefficient (Wildman–Crippen LogP) is 2.67. The quantitative estimate of drug-likeness (QED) is 0.113. The number of carbonyl (C=O) groups is 1. The van der Waals surface area contributed by atoms with Crippen molar-refractivity contribution in [3.05, 3.63) is 59.7 Å².